The number of carbonyl (C=O) groups excluding carboxylic acids is 1. The number of rotatable bonds is 3. The van der Waals surface area contributed by atoms with Crippen LogP contribution in [0.1, 0.15) is 16.2 Å². The van der Waals surface area contributed by atoms with Crippen molar-refractivity contribution in [3.63, 3.8) is 0 Å². The highest BCUT2D eigenvalue weighted by molar-refractivity contribution is 6.14. The molecule has 0 bridgehead atoms. The molecular weight excluding hydrogens is 368 g/mol. The van der Waals surface area contributed by atoms with E-state index < -0.39 is 0 Å². The second kappa shape index (κ2) is 6.85. The molecule has 2 N–H and O–H groups in total. The van der Waals surface area contributed by atoms with E-state index in [4.69, 9.17) is 0 Å². The van der Waals surface area contributed by atoms with Crippen LogP contribution in [0.3, 0.4) is 0 Å². The number of nitrogens with one attached hydrogen (secondary N) is 2. The fourth-order valence-corrected chi connectivity index (χ4v) is 3.84. The lowest BCUT2D eigenvalue weighted by Gasteiger charge is -2.30. The van der Waals surface area contributed by atoms with E-state index >= 15 is 0 Å². The molecule has 1 aliphatic heterocycles. The van der Waals surface area contributed by atoms with Crippen molar-refractivity contribution in [2.24, 2.45) is 7.05 Å². The number of amides is 1. The van der Waals surface area contributed by atoms with Crippen molar-refractivity contribution < 1.29 is 4.79 Å². The third-order valence-electron chi connectivity index (χ3n) is 5.17. The standard InChI is InChI=1S/C20H22N8O/c1-13-22-18-11-14(5-8-28(18)24-13)23-20(29)15-3-4-17(27-9-6-21-7-10-27)16-12-26(2)25-19(15)16/h3-5,8,11-12,21H,6-7,9-10H2,1-2H3,(H,23,29). The Kier molecular flexibility index (Phi) is 4.17. The van der Waals surface area contributed by atoms with E-state index in [9.17, 15) is 4.79 Å². The lowest BCUT2D eigenvalue weighted by molar-refractivity contribution is 0.102. The molecule has 9 heteroatoms. The second-order valence-corrected chi connectivity index (χ2v) is 7.27. The summed E-state index contributed by atoms with van der Waals surface area (Å²) in [6.45, 7) is 5.62. The first-order valence-electron chi connectivity index (χ1n) is 9.65. The summed E-state index contributed by atoms with van der Waals surface area (Å²) in [7, 11) is 1.88. The first kappa shape index (κ1) is 17.6. The summed E-state index contributed by atoms with van der Waals surface area (Å²) < 4.78 is 3.45. The summed E-state index contributed by atoms with van der Waals surface area (Å²) in [6, 6.07) is 7.50. The lowest BCUT2D eigenvalue weighted by atomic mass is 10.1. The van der Waals surface area contributed by atoms with Crippen molar-refractivity contribution in [2.45, 2.75) is 6.92 Å². The third-order valence-corrected chi connectivity index (χ3v) is 5.17. The van der Waals surface area contributed by atoms with E-state index in [0.717, 1.165) is 37.3 Å². The normalized spacial score (nSPS) is 14.6. The van der Waals surface area contributed by atoms with Gasteiger partial charge in [-0.15, -0.1) is 0 Å². The van der Waals surface area contributed by atoms with Crippen LogP contribution in [0.2, 0.25) is 0 Å². The van der Waals surface area contributed by atoms with Crippen molar-refractivity contribution in [1.82, 2.24) is 29.7 Å². The van der Waals surface area contributed by atoms with Crippen LogP contribution < -0.4 is 15.5 Å². The fourth-order valence-electron chi connectivity index (χ4n) is 3.84. The van der Waals surface area contributed by atoms with E-state index in [1.165, 1.54) is 0 Å². The van der Waals surface area contributed by atoms with Crippen molar-refractivity contribution in [1.29, 1.82) is 0 Å². The zero-order chi connectivity index (χ0) is 20.0. The quantitative estimate of drug-likeness (QED) is 0.552. The highest BCUT2D eigenvalue weighted by Gasteiger charge is 2.20. The van der Waals surface area contributed by atoms with Gasteiger partial charge in [0.15, 0.2) is 5.65 Å². The molecule has 1 saturated heterocycles. The average Bonchev–Trinajstić information content (AvgIpc) is 3.28. The van der Waals surface area contributed by atoms with Gasteiger partial charge in [-0.3, -0.25) is 9.48 Å². The van der Waals surface area contributed by atoms with Gasteiger partial charge in [-0.25, -0.2) is 9.50 Å². The minimum absolute atomic E-state index is 0.193. The molecule has 0 atom stereocenters. The zero-order valence-corrected chi connectivity index (χ0v) is 16.4. The smallest absolute Gasteiger partial charge is 0.257 e. The maximum Gasteiger partial charge on any atom is 0.257 e. The Morgan fingerprint density at radius 1 is 1.17 bits per heavy atom. The first-order valence-corrected chi connectivity index (χ1v) is 9.65. The van der Waals surface area contributed by atoms with E-state index in [0.29, 0.717) is 28.2 Å². The Morgan fingerprint density at radius 3 is 2.83 bits per heavy atom. The Morgan fingerprint density at radius 2 is 2.00 bits per heavy atom. The Balaban J connectivity index is 1.49. The monoisotopic (exact) mass is 390 g/mol. The largest absolute Gasteiger partial charge is 0.368 e. The number of aromatic nitrogens is 5. The molecule has 1 amide bonds. The number of pyridine rings is 1. The summed E-state index contributed by atoms with van der Waals surface area (Å²) >= 11 is 0. The molecule has 9 nitrogen and oxygen atoms in total. The number of piperazine rings is 1. The number of anilines is 2. The second-order valence-electron chi connectivity index (χ2n) is 7.27. The molecule has 29 heavy (non-hydrogen) atoms. The van der Waals surface area contributed by atoms with Crippen LogP contribution in [0.15, 0.2) is 36.7 Å². The first-order chi connectivity index (χ1) is 14.1. The van der Waals surface area contributed by atoms with Gasteiger partial charge in [-0.1, -0.05) is 0 Å². The number of hydrogen-bond donors (Lipinski definition) is 2. The highest BCUT2D eigenvalue weighted by Crippen LogP contribution is 2.29. The number of benzene rings is 1. The van der Waals surface area contributed by atoms with E-state index in [-0.39, 0.29) is 5.91 Å². The van der Waals surface area contributed by atoms with Crippen LogP contribution >= 0.6 is 0 Å². The van der Waals surface area contributed by atoms with Crippen LogP contribution in [0.4, 0.5) is 11.4 Å². The fraction of sp³-hybridized carbons (Fsp3) is 0.300. The highest BCUT2D eigenvalue weighted by atomic mass is 16.1. The van der Waals surface area contributed by atoms with Gasteiger partial charge in [-0.2, -0.15) is 10.2 Å². The van der Waals surface area contributed by atoms with Gasteiger partial charge < -0.3 is 15.5 Å². The van der Waals surface area contributed by atoms with Crippen LogP contribution in [0.25, 0.3) is 16.6 Å². The van der Waals surface area contributed by atoms with E-state index in [2.05, 4.69) is 30.7 Å². The predicted octanol–water partition coefficient (Wildman–Crippen LogP) is 1.59. The zero-order valence-electron chi connectivity index (χ0n) is 16.4. The average molecular weight is 390 g/mol. The molecule has 1 aromatic carbocycles. The molecule has 4 aromatic rings. The van der Waals surface area contributed by atoms with Gasteiger partial charge in [-0.05, 0) is 25.1 Å². The van der Waals surface area contributed by atoms with Gasteiger partial charge in [0, 0.05) is 68.4 Å². The molecule has 0 unspecified atom stereocenters. The Bertz CT molecular complexity index is 1220. The van der Waals surface area contributed by atoms with Crippen LogP contribution in [-0.2, 0) is 7.05 Å². The summed E-state index contributed by atoms with van der Waals surface area (Å²) in [5, 5.41) is 16.2. The van der Waals surface area contributed by atoms with Crippen LogP contribution in [0.5, 0.6) is 0 Å². The molecule has 5 rings (SSSR count). The van der Waals surface area contributed by atoms with Crippen LogP contribution in [0, 0.1) is 6.92 Å². The SMILES string of the molecule is Cc1nc2cc(NC(=O)c3ccc(N4CCNCC4)c4cn(C)nc34)ccn2n1. The van der Waals surface area contributed by atoms with Crippen LogP contribution in [-0.4, -0.2) is 56.5 Å². The summed E-state index contributed by atoms with van der Waals surface area (Å²) in [4.78, 5) is 19.7. The molecule has 1 aliphatic rings. The topological polar surface area (TPSA) is 92.4 Å². The molecule has 0 aliphatic carbocycles. The third kappa shape index (κ3) is 3.19. The Hall–Kier alpha value is -3.46. The molecule has 3 aromatic heterocycles. The molecule has 0 saturated carbocycles. The molecule has 4 heterocycles. The van der Waals surface area contributed by atoms with Crippen molar-refractivity contribution >= 4 is 33.8 Å². The minimum Gasteiger partial charge on any atom is -0.368 e. The van der Waals surface area contributed by atoms with Gasteiger partial charge in [0.25, 0.3) is 5.91 Å². The molecule has 0 spiro atoms. The minimum atomic E-state index is -0.193. The van der Waals surface area contributed by atoms with Crippen molar-refractivity contribution in [3.05, 3.63) is 48.0 Å². The summed E-state index contributed by atoms with van der Waals surface area (Å²) in [5.74, 6) is 0.494. The maximum atomic E-state index is 13.0. The predicted molar refractivity (Wildman–Crippen MR) is 111 cm³/mol. The maximum absolute atomic E-state index is 13.0. The van der Waals surface area contributed by atoms with Gasteiger partial charge in [0.1, 0.15) is 11.3 Å². The van der Waals surface area contributed by atoms with Gasteiger partial charge >= 0.3 is 0 Å². The van der Waals surface area contributed by atoms with Gasteiger partial charge in [0.05, 0.1) is 5.56 Å². The number of fused-ring (bicyclic) bond motifs is 2. The summed E-state index contributed by atoms with van der Waals surface area (Å²) in [5.41, 5.74) is 3.74. The Labute approximate surface area is 167 Å². The molecule has 148 valence electrons. The molecular formula is C20H22N8O. The number of hydrogen-bond acceptors (Lipinski definition) is 6. The summed E-state index contributed by atoms with van der Waals surface area (Å²) in [6.07, 6.45) is 3.77. The number of carbonyl (C=O) groups is 1. The number of aryl methyl sites for hydroxylation is 2. The molecule has 1 fully saturated rings. The molecule has 0 radical (unpaired) electrons. The van der Waals surface area contributed by atoms with Crippen molar-refractivity contribution in [3.8, 4) is 0 Å². The van der Waals surface area contributed by atoms with Crippen molar-refractivity contribution in [2.75, 3.05) is 36.4 Å². The van der Waals surface area contributed by atoms with E-state index in [1.54, 1.807) is 15.4 Å². The van der Waals surface area contributed by atoms with Gasteiger partial charge in [0.2, 0.25) is 0 Å². The number of nitrogens with zero attached hydrogens (tertiary/aromatic N) is 6. The lowest BCUT2D eigenvalue weighted by Crippen LogP contribution is -2.43. The van der Waals surface area contributed by atoms with E-state index in [1.807, 2.05) is 44.4 Å².